The lowest BCUT2D eigenvalue weighted by molar-refractivity contribution is -0.137. The average Bonchev–Trinajstić information content (AvgIpc) is 2.67. The van der Waals surface area contributed by atoms with Crippen LogP contribution in [0.4, 0.5) is 4.39 Å². The molecule has 1 aromatic heterocycles. The van der Waals surface area contributed by atoms with Crippen LogP contribution >= 0.6 is 0 Å². The maximum absolute atomic E-state index is 13.4. The first-order chi connectivity index (χ1) is 13.7. The number of benzene rings is 1. The van der Waals surface area contributed by atoms with Crippen LogP contribution in [0.15, 0.2) is 42.6 Å². The van der Waals surface area contributed by atoms with Gasteiger partial charge >= 0.3 is 0 Å². The predicted molar refractivity (Wildman–Crippen MR) is 108 cm³/mol. The van der Waals surface area contributed by atoms with Gasteiger partial charge in [-0.3, -0.25) is 14.6 Å². The van der Waals surface area contributed by atoms with Crippen molar-refractivity contribution >= 4 is 11.8 Å². The molecule has 0 radical (unpaired) electrons. The number of carbonyl (C=O) groups excluding carboxylic acids is 2. The molecule has 1 fully saturated rings. The van der Waals surface area contributed by atoms with Gasteiger partial charge in [-0.05, 0) is 63.8 Å². The highest BCUT2D eigenvalue weighted by atomic mass is 19.1. The lowest BCUT2D eigenvalue weighted by Crippen LogP contribution is -2.50. The van der Waals surface area contributed by atoms with E-state index in [2.05, 4.69) is 15.6 Å². The van der Waals surface area contributed by atoms with E-state index < -0.39 is 11.5 Å². The molecular weight excluding hydrogens is 373 g/mol. The van der Waals surface area contributed by atoms with Crippen LogP contribution in [-0.4, -0.2) is 39.6 Å². The van der Waals surface area contributed by atoms with E-state index >= 15 is 0 Å². The Morgan fingerprint density at radius 1 is 1.14 bits per heavy atom. The minimum Gasteiger partial charge on any atom is -0.381 e. The highest BCUT2D eigenvalue weighted by Gasteiger charge is 2.29. The highest BCUT2D eigenvalue weighted by molar-refractivity contribution is 5.94. The van der Waals surface area contributed by atoms with Gasteiger partial charge in [-0.15, -0.1) is 0 Å². The van der Waals surface area contributed by atoms with Crippen LogP contribution in [0, 0.1) is 5.82 Å². The van der Waals surface area contributed by atoms with E-state index in [1.54, 1.807) is 24.3 Å². The number of halogens is 1. The summed E-state index contributed by atoms with van der Waals surface area (Å²) in [6.45, 7) is 2.90. The number of pyridine rings is 1. The van der Waals surface area contributed by atoms with Crippen molar-refractivity contribution in [2.75, 3.05) is 0 Å². The van der Waals surface area contributed by atoms with Gasteiger partial charge < -0.3 is 15.7 Å². The number of carbonyl (C=O) groups is 2. The highest BCUT2D eigenvalue weighted by Crippen LogP contribution is 2.21. The zero-order valence-electron chi connectivity index (χ0n) is 16.6. The zero-order valence-corrected chi connectivity index (χ0v) is 16.6. The van der Waals surface area contributed by atoms with Gasteiger partial charge in [0.15, 0.2) is 0 Å². The van der Waals surface area contributed by atoms with Crippen LogP contribution < -0.4 is 10.6 Å². The summed E-state index contributed by atoms with van der Waals surface area (Å²) in [5.74, 6) is -0.982. The third-order valence-corrected chi connectivity index (χ3v) is 5.05. The smallest absolute Gasteiger partial charge is 0.253 e. The van der Waals surface area contributed by atoms with Gasteiger partial charge in [0.25, 0.3) is 11.8 Å². The third kappa shape index (κ3) is 5.60. The molecule has 1 heterocycles. The Balaban J connectivity index is 1.59. The van der Waals surface area contributed by atoms with E-state index in [1.165, 1.54) is 32.2 Å². The summed E-state index contributed by atoms with van der Waals surface area (Å²) in [7, 11) is 0. The molecule has 0 spiro atoms. The van der Waals surface area contributed by atoms with Crippen LogP contribution in [0.1, 0.15) is 49.9 Å². The van der Waals surface area contributed by atoms with Crippen molar-refractivity contribution in [2.24, 2.45) is 0 Å². The summed E-state index contributed by atoms with van der Waals surface area (Å²) in [5.41, 5.74) is 0.237. The van der Waals surface area contributed by atoms with Gasteiger partial charge in [-0.2, -0.15) is 0 Å². The van der Waals surface area contributed by atoms with Crippen molar-refractivity contribution in [2.45, 2.75) is 57.2 Å². The minimum atomic E-state index is -1.43. The minimum absolute atomic E-state index is 0.0637. The van der Waals surface area contributed by atoms with Crippen LogP contribution in [0.25, 0.3) is 11.3 Å². The molecule has 1 saturated carbocycles. The Morgan fingerprint density at radius 3 is 2.48 bits per heavy atom. The molecule has 0 unspecified atom stereocenters. The normalized spacial score (nSPS) is 19.4. The Bertz CT molecular complexity index is 878. The molecule has 0 saturated heterocycles. The fourth-order valence-electron chi connectivity index (χ4n) is 3.43. The van der Waals surface area contributed by atoms with E-state index in [0.717, 1.165) is 19.3 Å². The zero-order chi connectivity index (χ0) is 21.0. The molecule has 2 aromatic rings. The summed E-state index contributed by atoms with van der Waals surface area (Å²) in [6, 6.07) is 9.35. The number of nitrogens with one attached hydrogen (secondary N) is 2. The van der Waals surface area contributed by atoms with E-state index in [9.17, 15) is 19.1 Å². The number of amides is 2. The van der Waals surface area contributed by atoms with Crippen molar-refractivity contribution in [3.8, 4) is 11.3 Å². The van der Waals surface area contributed by atoms with E-state index in [4.69, 9.17) is 0 Å². The second kappa shape index (κ2) is 8.69. The summed E-state index contributed by atoms with van der Waals surface area (Å²) < 4.78 is 13.4. The molecule has 0 bridgehead atoms. The Hall–Kier alpha value is -2.80. The van der Waals surface area contributed by atoms with Gasteiger partial charge in [0.2, 0.25) is 0 Å². The molecule has 1 aromatic carbocycles. The monoisotopic (exact) mass is 399 g/mol. The first-order valence-electron chi connectivity index (χ1n) is 9.78. The lowest BCUT2D eigenvalue weighted by Gasteiger charge is -2.31. The predicted octanol–water partition coefficient (Wildman–Crippen LogP) is 2.82. The number of rotatable bonds is 5. The maximum Gasteiger partial charge on any atom is 0.253 e. The molecule has 29 heavy (non-hydrogen) atoms. The molecule has 0 aliphatic heterocycles. The molecule has 2 amide bonds. The molecule has 7 heteroatoms. The van der Waals surface area contributed by atoms with Crippen molar-refractivity contribution in [1.29, 1.82) is 0 Å². The fourth-order valence-corrected chi connectivity index (χ4v) is 3.43. The Kier molecular flexibility index (Phi) is 6.27. The number of aliphatic hydroxyl groups is 1. The molecule has 3 rings (SSSR count). The van der Waals surface area contributed by atoms with Gasteiger partial charge in [0.1, 0.15) is 11.4 Å². The van der Waals surface area contributed by atoms with Gasteiger partial charge in [0.05, 0.1) is 11.3 Å². The molecule has 1 aliphatic rings. The topological polar surface area (TPSA) is 91.3 Å². The standard InChI is InChI=1S/C22H26FN3O3/c1-22(2,29)21(28)26-18-8-4-7-17(12-18)25-20(27)15-9-10-19(24-13-15)14-5-3-6-16(23)11-14/h3,5-6,9-11,13,17-18,29H,4,7-8,12H2,1-2H3,(H,25,27)(H,26,28)/t17-,18+/m1/s1. The maximum atomic E-state index is 13.4. The molecule has 6 nitrogen and oxygen atoms in total. The Labute approximate surface area is 169 Å². The Morgan fingerprint density at radius 2 is 1.86 bits per heavy atom. The van der Waals surface area contributed by atoms with Crippen molar-refractivity contribution in [3.05, 3.63) is 54.0 Å². The van der Waals surface area contributed by atoms with Gasteiger partial charge in [-0.25, -0.2) is 4.39 Å². The van der Waals surface area contributed by atoms with Gasteiger partial charge in [0, 0.05) is 23.8 Å². The number of hydrogen-bond acceptors (Lipinski definition) is 4. The average molecular weight is 399 g/mol. The molecule has 1 aliphatic carbocycles. The second-order valence-corrected chi connectivity index (χ2v) is 8.01. The summed E-state index contributed by atoms with van der Waals surface area (Å²) in [6.07, 6.45) is 4.61. The largest absolute Gasteiger partial charge is 0.381 e. The number of aromatic nitrogens is 1. The number of hydrogen-bond donors (Lipinski definition) is 3. The van der Waals surface area contributed by atoms with E-state index in [1.807, 2.05) is 0 Å². The SMILES string of the molecule is CC(C)(O)C(=O)N[C@H]1CCC[C@@H](NC(=O)c2ccc(-c3cccc(F)c3)nc2)C1. The van der Waals surface area contributed by atoms with E-state index in [-0.39, 0.29) is 23.8 Å². The molecule has 2 atom stereocenters. The van der Waals surface area contributed by atoms with Crippen LogP contribution in [0.2, 0.25) is 0 Å². The van der Waals surface area contributed by atoms with Crippen molar-refractivity contribution in [1.82, 2.24) is 15.6 Å². The summed E-state index contributed by atoms with van der Waals surface area (Å²) in [4.78, 5) is 28.8. The van der Waals surface area contributed by atoms with Crippen LogP contribution in [-0.2, 0) is 4.79 Å². The van der Waals surface area contributed by atoms with Crippen molar-refractivity contribution in [3.63, 3.8) is 0 Å². The molecule has 154 valence electrons. The van der Waals surface area contributed by atoms with Crippen LogP contribution in [0.3, 0.4) is 0 Å². The first kappa shape index (κ1) is 20.9. The number of nitrogens with zero attached hydrogens (tertiary/aromatic N) is 1. The summed E-state index contributed by atoms with van der Waals surface area (Å²) >= 11 is 0. The quantitative estimate of drug-likeness (QED) is 0.721. The van der Waals surface area contributed by atoms with Crippen LogP contribution in [0.5, 0.6) is 0 Å². The van der Waals surface area contributed by atoms with Gasteiger partial charge in [-0.1, -0.05) is 12.1 Å². The molecule has 3 N–H and O–H groups in total. The second-order valence-electron chi connectivity index (χ2n) is 8.01. The molecular formula is C22H26FN3O3. The fraction of sp³-hybridized carbons (Fsp3) is 0.409. The lowest BCUT2D eigenvalue weighted by atomic mass is 9.90. The summed E-state index contributed by atoms with van der Waals surface area (Å²) in [5, 5.41) is 15.6. The third-order valence-electron chi connectivity index (χ3n) is 5.05. The first-order valence-corrected chi connectivity index (χ1v) is 9.78. The van der Waals surface area contributed by atoms with Crippen molar-refractivity contribution < 1.29 is 19.1 Å². The van der Waals surface area contributed by atoms with E-state index in [0.29, 0.717) is 23.2 Å².